The van der Waals surface area contributed by atoms with Crippen molar-refractivity contribution in [1.82, 2.24) is 4.31 Å². The lowest BCUT2D eigenvalue weighted by molar-refractivity contribution is 0.317. The Morgan fingerprint density at radius 2 is 1.76 bits per heavy atom. The zero-order valence-electron chi connectivity index (χ0n) is 12.0. The lowest BCUT2D eigenvalue weighted by Gasteiger charge is -2.29. The third-order valence-corrected chi connectivity index (χ3v) is 6.09. The van der Waals surface area contributed by atoms with Crippen LogP contribution in [0.1, 0.15) is 12.8 Å². The van der Waals surface area contributed by atoms with Crippen molar-refractivity contribution >= 4 is 26.0 Å². The summed E-state index contributed by atoms with van der Waals surface area (Å²) in [5.74, 6) is 0.737. The molecule has 1 aromatic carbocycles. The van der Waals surface area contributed by atoms with Gasteiger partial charge in [-0.15, -0.1) is 0 Å². The molecule has 21 heavy (non-hydrogen) atoms. The molecule has 0 amide bonds. The first kappa shape index (κ1) is 16.5. The van der Waals surface area contributed by atoms with Crippen molar-refractivity contribution in [1.29, 1.82) is 0 Å². The first-order valence-electron chi connectivity index (χ1n) is 6.57. The third kappa shape index (κ3) is 3.33. The number of ether oxygens (including phenoxy) is 2. The average Bonchev–Trinajstić information content (AvgIpc) is 2.47. The van der Waals surface area contributed by atoms with Crippen LogP contribution in [0.5, 0.6) is 11.5 Å². The van der Waals surface area contributed by atoms with Crippen LogP contribution in [0.25, 0.3) is 0 Å². The topological polar surface area (TPSA) is 81.9 Å². The van der Waals surface area contributed by atoms with E-state index in [-0.39, 0.29) is 16.7 Å². The average molecular weight is 379 g/mol. The fraction of sp³-hybridized carbons (Fsp3) is 0.538. The van der Waals surface area contributed by atoms with Crippen molar-refractivity contribution in [2.24, 2.45) is 5.73 Å². The minimum Gasteiger partial charge on any atom is -0.496 e. The van der Waals surface area contributed by atoms with Crippen molar-refractivity contribution in [3.8, 4) is 11.5 Å². The molecule has 0 unspecified atom stereocenters. The highest BCUT2D eigenvalue weighted by atomic mass is 79.9. The molecule has 0 aromatic heterocycles. The normalized spacial score (nSPS) is 17.7. The van der Waals surface area contributed by atoms with Gasteiger partial charge in [0.1, 0.15) is 16.4 Å². The molecule has 0 atom stereocenters. The number of halogens is 1. The molecular weight excluding hydrogens is 360 g/mol. The molecule has 118 valence electrons. The van der Waals surface area contributed by atoms with Gasteiger partial charge in [-0.1, -0.05) is 0 Å². The predicted molar refractivity (Wildman–Crippen MR) is 83.2 cm³/mol. The summed E-state index contributed by atoms with van der Waals surface area (Å²) in [6.07, 6.45) is 1.32. The maximum absolute atomic E-state index is 12.8. The molecule has 0 saturated carbocycles. The standard InChI is InChI=1S/C13H19BrN2O4S/c1-19-11-8-13(12(20-2)7-10(11)14)21(17,18)16-5-3-9(15)4-6-16/h7-9H,3-6,15H2,1-2H3. The molecule has 6 nitrogen and oxygen atoms in total. The number of piperidine rings is 1. The highest BCUT2D eigenvalue weighted by Crippen LogP contribution is 2.37. The van der Waals surface area contributed by atoms with E-state index in [1.807, 2.05) is 0 Å². The highest BCUT2D eigenvalue weighted by molar-refractivity contribution is 9.10. The van der Waals surface area contributed by atoms with Crippen LogP contribution in [-0.4, -0.2) is 46.1 Å². The molecule has 0 radical (unpaired) electrons. The molecule has 0 spiro atoms. The van der Waals surface area contributed by atoms with E-state index < -0.39 is 10.0 Å². The zero-order chi connectivity index (χ0) is 15.6. The molecule has 8 heteroatoms. The van der Waals surface area contributed by atoms with Crippen LogP contribution < -0.4 is 15.2 Å². The highest BCUT2D eigenvalue weighted by Gasteiger charge is 2.31. The number of sulfonamides is 1. The lowest BCUT2D eigenvalue weighted by atomic mass is 10.1. The Morgan fingerprint density at radius 1 is 1.19 bits per heavy atom. The van der Waals surface area contributed by atoms with E-state index in [1.54, 1.807) is 6.07 Å². The SMILES string of the molecule is COc1cc(S(=O)(=O)N2CCC(N)CC2)c(OC)cc1Br. The van der Waals surface area contributed by atoms with E-state index in [1.165, 1.54) is 24.6 Å². The summed E-state index contributed by atoms with van der Waals surface area (Å²) >= 11 is 3.32. The summed E-state index contributed by atoms with van der Waals surface area (Å²) in [4.78, 5) is 0.112. The Hall–Kier alpha value is -0.830. The van der Waals surface area contributed by atoms with Crippen LogP contribution in [-0.2, 0) is 10.0 Å². The van der Waals surface area contributed by atoms with Gasteiger partial charge >= 0.3 is 0 Å². The predicted octanol–water partition coefficient (Wildman–Crippen LogP) is 1.58. The molecule has 0 bridgehead atoms. The molecular formula is C13H19BrN2O4S. The van der Waals surface area contributed by atoms with Gasteiger partial charge < -0.3 is 15.2 Å². The van der Waals surface area contributed by atoms with Gasteiger partial charge in [-0.25, -0.2) is 8.42 Å². The maximum Gasteiger partial charge on any atom is 0.246 e. The molecule has 1 heterocycles. The Morgan fingerprint density at radius 3 is 2.29 bits per heavy atom. The van der Waals surface area contributed by atoms with Crippen molar-refractivity contribution in [2.45, 2.75) is 23.8 Å². The molecule has 2 N–H and O–H groups in total. The summed E-state index contributed by atoms with van der Waals surface area (Å²) < 4.78 is 38.0. The largest absolute Gasteiger partial charge is 0.496 e. The summed E-state index contributed by atoms with van der Waals surface area (Å²) in [6, 6.07) is 3.14. The smallest absolute Gasteiger partial charge is 0.246 e. The zero-order valence-corrected chi connectivity index (χ0v) is 14.4. The van der Waals surface area contributed by atoms with Gasteiger partial charge in [0.15, 0.2) is 0 Å². The number of nitrogens with zero attached hydrogens (tertiary/aromatic N) is 1. The fourth-order valence-corrected chi connectivity index (χ4v) is 4.40. The van der Waals surface area contributed by atoms with E-state index in [0.717, 1.165) is 0 Å². The fourth-order valence-electron chi connectivity index (χ4n) is 2.29. The quantitative estimate of drug-likeness (QED) is 0.859. The molecule has 1 fully saturated rings. The molecule has 1 saturated heterocycles. The number of methoxy groups -OCH3 is 2. The van der Waals surface area contributed by atoms with Gasteiger partial charge in [0.05, 0.1) is 18.7 Å². The molecule has 1 aromatic rings. The van der Waals surface area contributed by atoms with Crippen molar-refractivity contribution in [3.63, 3.8) is 0 Å². The van der Waals surface area contributed by atoms with Crippen LogP contribution in [0.3, 0.4) is 0 Å². The van der Waals surface area contributed by atoms with Crippen LogP contribution in [0.15, 0.2) is 21.5 Å². The number of hydrogen-bond donors (Lipinski definition) is 1. The van der Waals surface area contributed by atoms with Crippen molar-refractivity contribution in [2.75, 3.05) is 27.3 Å². The van der Waals surface area contributed by atoms with Crippen LogP contribution in [0.4, 0.5) is 0 Å². The van der Waals surface area contributed by atoms with Gasteiger partial charge in [-0.3, -0.25) is 0 Å². The van der Waals surface area contributed by atoms with Crippen LogP contribution in [0, 0.1) is 0 Å². The molecule has 1 aliphatic heterocycles. The number of rotatable bonds is 4. The van der Waals surface area contributed by atoms with E-state index >= 15 is 0 Å². The van der Waals surface area contributed by atoms with Gasteiger partial charge in [0.25, 0.3) is 0 Å². The van der Waals surface area contributed by atoms with Gasteiger partial charge in [-0.05, 0) is 34.8 Å². The van der Waals surface area contributed by atoms with Gasteiger partial charge in [-0.2, -0.15) is 4.31 Å². The summed E-state index contributed by atoms with van der Waals surface area (Å²) in [7, 11) is -0.693. The van der Waals surface area contributed by atoms with E-state index in [4.69, 9.17) is 15.2 Å². The summed E-state index contributed by atoms with van der Waals surface area (Å²) in [6.45, 7) is 0.843. The second-order valence-corrected chi connectivity index (χ2v) is 7.64. The van der Waals surface area contributed by atoms with Crippen LogP contribution in [0.2, 0.25) is 0 Å². The Balaban J connectivity index is 2.43. The second kappa shape index (κ2) is 6.51. The molecule has 0 aliphatic carbocycles. The van der Waals surface area contributed by atoms with E-state index in [0.29, 0.717) is 36.2 Å². The second-order valence-electron chi connectivity index (χ2n) is 4.88. The third-order valence-electron chi connectivity index (χ3n) is 3.55. The number of benzene rings is 1. The monoisotopic (exact) mass is 378 g/mol. The summed E-state index contributed by atoms with van der Waals surface area (Å²) in [5, 5.41) is 0. The minimum atomic E-state index is -3.63. The van der Waals surface area contributed by atoms with Crippen molar-refractivity contribution < 1.29 is 17.9 Å². The van der Waals surface area contributed by atoms with Gasteiger partial charge in [0, 0.05) is 25.2 Å². The van der Waals surface area contributed by atoms with E-state index in [9.17, 15) is 8.42 Å². The first-order valence-corrected chi connectivity index (χ1v) is 8.80. The Kier molecular flexibility index (Phi) is 5.13. The first-order chi connectivity index (χ1) is 9.90. The number of nitrogens with two attached hydrogens (primary N) is 1. The molecule has 1 aliphatic rings. The van der Waals surface area contributed by atoms with Gasteiger partial charge in [0.2, 0.25) is 10.0 Å². The summed E-state index contributed by atoms with van der Waals surface area (Å²) in [5.41, 5.74) is 5.83. The number of hydrogen-bond acceptors (Lipinski definition) is 5. The van der Waals surface area contributed by atoms with E-state index in [2.05, 4.69) is 15.9 Å². The lowest BCUT2D eigenvalue weighted by Crippen LogP contribution is -2.42. The van der Waals surface area contributed by atoms with Crippen molar-refractivity contribution in [3.05, 3.63) is 16.6 Å². The molecule has 2 rings (SSSR count). The maximum atomic E-state index is 12.8. The van der Waals surface area contributed by atoms with Crippen LogP contribution >= 0.6 is 15.9 Å². The Labute approximate surface area is 133 Å². The Bertz CT molecular complexity index is 613. The minimum absolute atomic E-state index is 0.0674.